The Labute approximate surface area is 100.0 Å². The van der Waals surface area contributed by atoms with Gasteiger partial charge in [0.1, 0.15) is 4.88 Å². The summed E-state index contributed by atoms with van der Waals surface area (Å²) in [5, 5.41) is 11.2. The molecule has 0 saturated carbocycles. The van der Waals surface area contributed by atoms with Gasteiger partial charge in [0.25, 0.3) is 5.91 Å². The van der Waals surface area contributed by atoms with E-state index in [1.54, 1.807) is 0 Å². The zero-order valence-electron chi connectivity index (χ0n) is 8.45. The predicted octanol–water partition coefficient (Wildman–Crippen LogP) is 1.49. The van der Waals surface area contributed by atoms with E-state index in [2.05, 4.69) is 15.3 Å². The predicted molar refractivity (Wildman–Crippen MR) is 61.3 cm³/mol. The maximum atomic E-state index is 11.7. The van der Waals surface area contributed by atoms with E-state index >= 15 is 0 Å². The number of carboxylic acids is 1. The van der Waals surface area contributed by atoms with Gasteiger partial charge in [-0.3, -0.25) is 9.78 Å². The van der Waals surface area contributed by atoms with E-state index < -0.39 is 11.9 Å². The van der Waals surface area contributed by atoms with Gasteiger partial charge in [0, 0.05) is 12.4 Å². The Hall–Kier alpha value is -2.28. The molecule has 0 bridgehead atoms. The lowest BCUT2D eigenvalue weighted by atomic mass is 10.4. The normalized spacial score (nSPS) is 9.88. The second-order valence-electron chi connectivity index (χ2n) is 3.01. The summed E-state index contributed by atoms with van der Waals surface area (Å²) in [5.41, 5.74) is 0. The summed E-state index contributed by atoms with van der Waals surface area (Å²) in [4.78, 5) is 30.4. The Bertz CT molecular complexity index is 553. The summed E-state index contributed by atoms with van der Waals surface area (Å²) >= 11 is 0.909. The molecule has 0 aliphatic rings. The lowest BCUT2D eigenvalue weighted by molar-refractivity contribution is 0.0702. The molecular weight excluding hydrogens is 242 g/mol. The van der Waals surface area contributed by atoms with Crippen molar-refractivity contribution < 1.29 is 14.7 Å². The summed E-state index contributed by atoms with van der Waals surface area (Å²) in [5.74, 6) is -1.13. The van der Waals surface area contributed by atoms with Crippen LogP contribution >= 0.6 is 11.3 Å². The van der Waals surface area contributed by atoms with E-state index in [0.717, 1.165) is 11.3 Å². The third-order valence-corrected chi connectivity index (χ3v) is 2.92. The van der Waals surface area contributed by atoms with E-state index in [1.807, 2.05) is 0 Å². The fourth-order valence-electron chi connectivity index (χ4n) is 1.12. The maximum absolute atomic E-state index is 11.7. The first kappa shape index (κ1) is 11.2. The summed E-state index contributed by atoms with van der Waals surface area (Å²) < 4.78 is 0. The lowest BCUT2D eigenvalue weighted by Gasteiger charge is -2.00. The zero-order chi connectivity index (χ0) is 12.3. The number of carbonyl (C=O) groups is 2. The number of aromatic nitrogens is 2. The fraction of sp³-hybridized carbons (Fsp3) is 0. The van der Waals surface area contributed by atoms with Crippen molar-refractivity contribution in [2.45, 2.75) is 0 Å². The third-order valence-electron chi connectivity index (χ3n) is 1.85. The van der Waals surface area contributed by atoms with E-state index in [9.17, 15) is 9.59 Å². The molecule has 0 spiro atoms. The van der Waals surface area contributed by atoms with Crippen LogP contribution in [0, 0.1) is 0 Å². The Morgan fingerprint density at radius 2 is 2.00 bits per heavy atom. The quantitative estimate of drug-likeness (QED) is 0.859. The molecule has 86 valence electrons. The van der Waals surface area contributed by atoms with Crippen LogP contribution in [0.1, 0.15) is 19.3 Å². The summed E-state index contributed by atoms with van der Waals surface area (Å²) in [6, 6.07) is 2.85. The van der Waals surface area contributed by atoms with Crippen molar-refractivity contribution in [2.24, 2.45) is 0 Å². The smallest absolute Gasteiger partial charge is 0.345 e. The minimum Gasteiger partial charge on any atom is -0.477 e. The molecule has 0 unspecified atom stereocenters. The number of thiophene rings is 1. The molecule has 2 aromatic rings. The minimum atomic E-state index is -1.05. The fourth-order valence-corrected chi connectivity index (χ4v) is 1.86. The molecule has 0 fully saturated rings. The van der Waals surface area contributed by atoms with Gasteiger partial charge in [0.2, 0.25) is 0 Å². The van der Waals surface area contributed by atoms with Crippen molar-refractivity contribution in [3.05, 3.63) is 40.5 Å². The topological polar surface area (TPSA) is 92.2 Å². The molecular formula is C10H7N3O3S. The molecule has 2 rings (SSSR count). The van der Waals surface area contributed by atoms with Crippen LogP contribution in [0.2, 0.25) is 0 Å². The molecule has 2 aromatic heterocycles. The molecule has 2 heterocycles. The Morgan fingerprint density at radius 3 is 2.59 bits per heavy atom. The molecule has 1 amide bonds. The third kappa shape index (κ3) is 2.64. The Balaban J connectivity index is 2.12. The molecule has 0 aliphatic carbocycles. The number of hydrogen-bond acceptors (Lipinski definition) is 5. The molecule has 7 heteroatoms. The lowest BCUT2D eigenvalue weighted by Crippen LogP contribution is -2.11. The van der Waals surface area contributed by atoms with Crippen molar-refractivity contribution in [2.75, 3.05) is 5.32 Å². The maximum Gasteiger partial charge on any atom is 0.345 e. The number of rotatable bonds is 3. The van der Waals surface area contributed by atoms with Crippen LogP contribution in [-0.4, -0.2) is 27.0 Å². The second-order valence-corrected chi connectivity index (χ2v) is 4.10. The van der Waals surface area contributed by atoms with Gasteiger partial charge >= 0.3 is 5.97 Å². The van der Waals surface area contributed by atoms with Gasteiger partial charge in [-0.15, -0.1) is 11.3 Å². The molecule has 0 saturated heterocycles. The number of aromatic carboxylic acids is 1. The van der Waals surface area contributed by atoms with Gasteiger partial charge < -0.3 is 10.4 Å². The van der Waals surface area contributed by atoms with Crippen LogP contribution in [0.5, 0.6) is 0 Å². The molecule has 17 heavy (non-hydrogen) atoms. The first-order valence-corrected chi connectivity index (χ1v) is 5.39. The zero-order valence-corrected chi connectivity index (χ0v) is 9.27. The minimum absolute atomic E-state index is 0.120. The van der Waals surface area contributed by atoms with Crippen LogP contribution in [-0.2, 0) is 0 Å². The first-order valence-electron chi connectivity index (χ1n) is 4.57. The summed E-state index contributed by atoms with van der Waals surface area (Å²) in [6.45, 7) is 0. The van der Waals surface area contributed by atoms with E-state index in [4.69, 9.17) is 5.11 Å². The Kier molecular flexibility index (Phi) is 3.10. The second kappa shape index (κ2) is 4.71. The van der Waals surface area contributed by atoms with Crippen molar-refractivity contribution in [1.29, 1.82) is 0 Å². The average Bonchev–Trinajstić information content (AvgIpc) is 2.79. The SMILES string of the molecule is O=C(O)c1ccc(C(=O)Nc2cnccn2)s1. The number of anilines is 1. The molecule has 6 nitrogen and oxygen atoms in total. The highest BCUT2D eigenvalue weighted by Gasteiger charge is 2.13. The number of nitrogens with zero attached hydrogens (tertiary/aromatic N) is 2. The van der Waals surface area contributed by atoms with Crippen molar-refractivity contribution in [3.8, 4) is 0 Å². The monoisotopic (exact) mass is 249 g/mol. The van der Waals surface area contributed by atoms with E-state index in [-0.39, 0.29) is 4.88 Å². The highest BCUT2D eigenvalue weighted by atomic mass is 32.1. The average molecular weight is 249 g/mol. The number of carboxylic acid groups (broad SMARTS) is 1. The van der Waals surface area contributed by atoms with Crippen molar-refractivity contribution in [1.82, 2.24) is 9.97 Å². The van der Waals surface area contributed by atoms with Gasteiger partial charge in [-0.25, -0.2) is 9.78 Å². The molecule has 0 atom stereocenters. The largest absolute Gasteiger partial charge is 0.477 e. The number of carbonyl (C=O) groups excluding carboxylic acids is 1. The van der Waals surface area contributed by atoms with Crippen LogP contribution < -0.4 is 5.32 Å². The highest BCUT2D eigenvalue weighted by Crippen LogP contribution is 2.17. The van der Waals surface area contributed by atoms with Gasteiger partial charge in [0.15, 0.2) is 5.82 Å². The summed E-state index contributed by atoms with van der Waals surface area (Å²) in [6.07, 6.45) is 4.35. The molecule has 0 radical (unpaired) electrons. The van der Waals surface area contributed by atoms with Crippen LogP contribution in [0.25, 0.3) is 0 Å². The van der Waals surface area contributed by atoms with E-state index in [0.29, 0.717) is 10.7 Å². The molecule has 2 N–H and O–H groups in total. The van der Waals surface area contributed by atoms with Crippen molar-refractivity contribution in [3.63, 3.8) is 0 Å². The Morgan fingerprint density at radius 1 is 1.24 bits per heavy atom. The van der Waals surface area contributed by atoms with Gasteiger partial charge in [-0.05, 0) is 12.1 Å². The number of hydrogen-bond donors (Lipinski definition) is 2. The molecule has 0 aliphatic heterocycles. The summed E-state index contributed by atoms with van der Waals surface area (Å²) in [7, 11) is 0. The van der Waals surface area contributed by atoms with Crippen molar-refractivity contribution >= 4 is 29.0 Å². The van der Waals surface area contributed by atoms with Gasteiger partial charge in [-0.2, -0.15) is 0 Å². The van der Waals surface area contributed by atoms with Crippen LogP contribution in [0.3, 0.4) is 0 Å². The van der Waals surface area contributed by atoms with Gasteiger partial charge in [0.05, 0.1) is 11.1 Å². The van der Waals surface area contributed by atoms with Gasteiger partial charge in [-0.1, -0.05) is 0 Å². The van der Waals surface area contributed by atoms with Crippen LogP contribution in [0.15, 0.2) is 30.7 Å². The number of nitrogens with one attached hydrogen (secondary N) is 1. The first-order chi connectivity index (χ1) is 8.16. The van der Waals surface area contributed by atoms with E-state index in [1.165, 1.54) is 30.7 Å². The molecule has 0 aromatic carbocycles. The number of amides is 1. The van der Waals surface area contributed by atoms with Crippen LogP contribution in [0.4, 0.5) is 5.82 Å². The standard InChI is InChI=1S/C10H7N3O3S/c14-9(13-8-5-11-3-4-12-8)6-1-2-7(17-6)10(15)16/h1-5H,(H,15,16)(H,12,13,14). The highest BCUT2D eigenvalue weighted by molar-refractivity contribution is 7.15.